The Balaban J connectivity index is 3.38. The van der Waals surface area contributed by atoms with Crippen molar-refractivity contribution in [2.75, 3.05) is 5.32 Å². The maximum Gasteiger partial charge on any atom is 0.416 e. The summed E-state index contributed by atoms with van der Waals surface area (Å²) in [7, 11) is 0. The van der Waals surface area contributed by atoms with Gasteiger partial charge in [0.2, 0.25) is 5.91 Å². The Morgan fingerprint density at radius 2 is 2.00 bits per heavy atom. The molecule has 0 saturated heterocycles. The van der Waals surface area contributed by atoms with Gasteiger partial charge >= 0.3 is 6.18 Å². The van der Waals surface area contributed by atoms with Crippen LogP contribution >= 0.6 is 0 Å². The molecular formula is C10H8F3NO3. The number of amides is 1. The molecule has 2 N–H and O–H groups in total. The number of alkyl halides is 3. The third-order valence-electron chi connectivity index (χ3n) is 1.90. The van der Waals surface area contributed by atoms with Crippen LogP contribution in [0.4, 0.5) is 18.9 Å². The molecule has 0 saturated carbocycles. The second kappa shape index (κ2) is 4.44. The summed E-state index contributed by atoms with van der Waals surface area (Å²) < 4.78 is 37.3. The molecule has 0 bridgehead atoms. The summed E-state index contributed by atoms with van der Waals surface area (Å²) in [5, 5.41) is 11.4. The predicted octanol–water partition coefficient (Wildman–Crippen LogP) is 2.18. The van der Waals surface area contributed by atoms with Gasteiger partial charge in [0.1, 0.15) is 5.75 Å². The van der Waals surface area contributed by atoms with Crippen LogP contribution in [0.25, 0.3) is 0 Å². The van der Waals surface area contributed by atoms with Crippen LogP contribution in [-0.2, 0) is 11.0 Å². The smallest absolute Gasteiger partial charge is 0.416 e. The second-order valence-electron chi connectivity index (χ2n) is 3.26. The van der Waals surface area contributed by atoms with Crippen molar-refractivity contribution in [2.45, 2.75) is 13.1 Å². The highest BCUT2D eigenvalue weighted by atomic mass is 19.4. The molecule has 0 unspecified atom stereocenters. The maximum absolute atomic E-state index is 12.4. The molecule has 0 fully saturated rings. The summed E-state index contributed by atoms with van der Waals surface area (Å²) in [6, 6.07) is 1.07. The molecule has 0 radical (unpaired) electrons. The number of anilines is 1. The lowest BCUT2D eigenvalue weighted by atomic mass is 10.1. The Morgan fingerprint density at radius 3 is 2.41 bits per heavy atom. The molecule has 0 aliphatic heterocycles. The fourth-order valence-corrected chi connectivity index (χ4v) is 1.20. The molecular weight excluding hydrogens is 239 g/mol. The number of aldehydes is 1. The van der Waals surface area contributed by atoms with Crippen molar-refractivity contribution in [1.82, 2.24) is 0 Å². The van der Waals surface area contributed by atoms with E-state index >= 15 is 0 Å². The van der Waals surface area contributed by atoms with E-state index in [1.807, 2.05) is 5.32 Å². The summed E-state index contributed by atoms with van der Waals surface area (Å²) in [5.74, 6) is -1.35. The number of nitrogens with one attached hydrogen (secondary N) is 1. The van der Waals surface area contributed by atoms with Crippen LogP contribution in [0, 0.1) is 0 Å². The number of aromatic hydroxyl groups is 1. The van der Waals surface area contributed by atoms with E-state index in [4.69, 9.17) is 0 Å². The van der Waals surface area contributed by atoms with Gasteiger partial charge in [0.05, 0.1) is 16.8 Å². The lowest BCUT2D eigenvalue weighted by molar-refractivity contribution is -0.137. The third-order valence-corrected chi connectivity index (χ3v) is 1.90. The van der Waals surface area contributed by atoms with E-state index in [1.165, 1.54) is 0 Å². The van der Waals surface area contributed by atoms with Crippen molar-refractivity contribution < 1.29 is 27.9 Å². The van der Waals surface area contributed by atoms with Gasteiger partial charge in [-0.25, -0.2) is 0 Å². The summed E-state index contributed by atoms with van der Waals surface area (Å²) in [5.41, 5.74) is -2.11. The second-order valence-corrected chi connectivity index (χ2v) is 3.26. The summed E-state index contributed by atoms with van der Waals surface area (Å²) in [6.45, 7) is 1.07. The SMILES string of the molecule is CC(=O)Nc1cc(C(F)(F)F)cc(C=O)c1O. The molecule has 0 spiro atoms. The first-order valence-corrected chi connectivity index (χ1v) is 4.42. The van der Waals surface area contributed by atoms with Gasteiger partial charge in [0, 0.05) is 6.92 Å². The first-order chi connectivity index (χ1) is 7.75. The van der Waals surface area contributed by atoms with Crippen LogP contribution in [0.2, 0.25) is 0 Å². The number of phenolic OH excluding ortho intramolecular Hbond substituents is 1. The highest BCUT2D eigenvalue weighted by molar-refractivity contribution is 5.93. The molecule has 92 valence electrons. The molecule has 0 aliphatic carbocycles. The average Bonchev–Trinajstić information content (AvgIpc) is 2.18. The Labute approximate surface area is 94.1 Å². The first-order valence-electron chi connectivity index (χ1n) is 4.42. The molecule has 0 atom stereocenters. The van der Waals surface area contributed by atoms with Crippen LogP contribution in [0.15, 0.2) is 12.1 Å². The van der Waals surface area contributed by atoms with E-state index in [9.17, 15) is 27.9 Å². The van der Waals surface area contributed by atoms with Gasteiger partial charge in [-0.1, -0.05) is 0 Å². The van der Waals surface area contributed by atoms with Gasteiger partial charge in [0.25, 0.3) is 0 Å². The number of carbonyl (C=O) groups is 2. The van der Waals surface area contributed by atoms with Crippen LogP contribution in [0.3, 0.4) is 0 Å². The Hall–Kier alpha value is -2.05. The summed E-state index contributed by atoms with van der Waals surface area (Å²) >= 11 is 0. The van der Waals surface area contributed by atoms with Crippen molar-refractivity contribution in [3.05, 3.63) is 23.3 Å². The zero-order valence-corrected chi connectivity index (χ0v) is 8.63. The topological polar surface area (TPSA) is 66.4 Å². The van der Waals surface area contributed by atoms with Crippen molar-refractivity contribution in [3.8, 4) is 5.75 Å². The summed E-state index contributed by atoms with van der Waals surface area (Å²) in [6.07, 6.45) is -4.59. The number of hydrogen-bond acceptors (Lipinski definition) is 3. The molecule has 1 rings (SSSR count). The van der Waals surface area contributed by atoms with Crippen LogP contribution < -0.4 is 5.32 Å². The summed E-state index contributed by atoms with van der Waals surface area (Å²) in [4.78, 5) is 21.2. The quantitative estimate of drug-likeness (QED) is 0.621. The monoisotopic (exact) mass is 247 g/mol. The Kier molecular flexibility index (Phi) is 3.40. The highest BCUT2D eigenvalue weighted by Crippen LogP contribution is 2.36. The molecule has 17 heavy (non-hydrogen) atoms. The Morgan fingerprint density at radius 1 is 1.41 bits per heavy atom. The van der Waals surface area contributed by atoms with Gasteiger partial charge in [-0.05, 0) is 12.1 Å². The fourth-order valence-electron chi connectivity index (χ4n) is 1.20. The average molecular weight is 247 g/mol. The van der Waals surface area contributed by atoms with Crippen LogP contribution in [0.5, 0.6) is 5.75 Å². The number of hydrogen-bond donors (Lipinski definition) is 2. The lowest BCUT2D eigenvalue weighted by Gasteiger charge is -2.12. The normalized spacial score (nSPS) is 11.1. The minimum Gasteiger partial charge on any atom is -0.505 e. The van der Waals surface area contributed by atoms with Crippen molar-refractivity contribution in [3.63, 3.8) is 0 Å². The Bertz CT molecular complexity index is 469. The molecule has 4 nitrogen and oxygen atoms in total. The van der Waals surface area contributed by atoms with E-state index in [-0.39, 0.29) is 6.29 Å². The number of phenols is 1. The highest BCUT2D eigenvalue weighted by Gasteiger charge is 2.32. The van der Waals surface area contributed by atoms with Crippen LogP contribution in [0.1, 0.15) is 22.8 Å². The molecule has 1 amide bonds. The fraction of sp³-hybridized carbons (Fsp3) is 0.200. The van der Waals surface area contributed by atoms with E-state index in [2.05, 4.69) is 0 Å². The number of benzene rings is 1. The van der Waals surface area contributed by atoms with Gasteiger partial charge in [-0.3, -0.25) is 9.59 Å². The number of carbonyl (C=O) groups excluding carboxylic acids is 2. The molecule has 1 aromatic carbocycles. The third kappa shape index (κ3) is 2.96. The predicted molar refractivity (Wildman–Crippen MR) is 52.8 cm³/mol. The van der Waals surface area contributed by atoms with Crippen molar-refractivity contribution in [1.29, 1.82) is 0 Å². The van der Waals surface area contributed by atoms with E-state index in [0.29, 0.717) is 12.1 Å². The largest absolute Gasteiger partial charge is 0.505 e. The van der Waals surface area contributed by atoms with E-state index in [0.717, 1.165) is 6.92 Å². The zero-order chi connectivity index (χ0) is 13.2. The molecule has 0 aliphatic rings. The molecule has 0 aromatic heterocycles. The zero-order valence-electron chi connectivity index (χ0n) is 8.63. The molecule has 0 heterocycles. The van der Waals surface area contributed by atoms with Gasteiger partial charge in [-0.2, -0.15) is 13.2 Å². The van der Waals surface area contributed by atoms with Crippen LogP contribution in [-0.4, -0.2) is 17.3 Å². The van der Waals surface area contributed by atoms with Crippen molar-refractivity contribution in [2.24, 2.45) is 0 Å². The first kappa shape index (κ1) is 13.0. The number of halogens is 3. The molecule has 1 aromatic rings. The maximum atomic E-state index is 12.4. The number of rotatable bonds is 2. The van der Waals surface area contributed by atoms with Gasteiger partial charge in [-0.15, -0.1) is 0 Å². The van der Waals surface area contributed by atoms with E-state index in [1.54, 1.807) is 0 Å². The van der Waals surface area contributed by atoms with Crippen molar-refractivity contribution >= 4 is 17.9 Å². The lowest BCUT2D eigenvalue weighted by Crippen LogP contribution is -2.10. The van der Waals surface area contributed by atoms with Gasteiger partial charge < -0.3 is 10.4 Å². The van der Waals surface area contributed by atoms with Gasteiger partial charge in [0.15, 0.2) is 6.29 Å². The minimum atomic E-state index is -4.67. The van der Waals surface area contributed by atoms with E-state index < -0.39 is 34.6 Å². The molecule has 7 heteroatoms. The standard InChI is InChI=1S/C10H8F3NO3/c1-5(16)14-8-3-7(10(11,12)13)2-6(4-15)9(8)17/h2-4,17H,1H3,(H,14,16). The minimum absolute atomic E-state index is 0.0793.